The van der Waals surface area contributed by atoms with E-state index >= 15 is 0 Å². The molecule has 32 heavy (non-hydrogen) atoms. The number of piperazine rings is 1. The molecule has 2 aliphatic rings. The SMILES string of the molecule is CC1(C)Cc2cccc(OCCCS(=O)(=O)N3CCN(CCc4ccccc4)CC3)c2O1. The van der Waals surface area contributed by atoms with Crippen molar-refractivity contribution >= 4 is 10.0 Å². The maximum Gasteiger partial charge on any atom is 0.214 e. The fourth-order valence-corrected chi connectivity index (χ4v) is 5.88. The molecule has 0 aliphatic carbocycles. The van der Waals surface area contributed by atoms with E-state index in [4.69, 9.17) is 9.47 Å². The second-order valence-electron chi connectivity index (χ2n) is 9.28. The summed E-state index contributed by atoms with van der Waals surface area (Å²) in [6.45, 7) is 8.13. The van der Waals surface area contributed by atoms with Gasteiger partial charge in [-0.3, -0.25) is 0 Å². The number of sulfonamides is 1. The standard InChI is InChI=1S/C25H34N2O4S/c1-25(2)20-22-10-6-11-23(24(22)31-25)30-18-7-19-32(28,29)27-16-14-26(15-17-27)13-12-21-8-4-3-5-9-21/h3-6,8-11H,7,12-20H2,1-2H3. The first kappa shape index (κ1) is 23.1. The number of para-hydroxylation sites is 1. The Hall–Kier alpha value is -2.09. The molecule has 2 aromatic rings. The molecule has 0 N–H and O–H groups in total. The number of rotatable bonds is 9. The predicted octanol–water partition coefficient (Wildman–Crippen LogP) is 3.36. The lowest BCUT2D eigenvalue weighted by Gasteiger charge is -2.34. The molecule has 0 unspecified atom stereocenters. The molecule has 7 heteroatoms. The number of hydrogen-bond acceptors (Lipinski definition) is 5. The highest BCUT2D eigenvalue weighted by Crippen LogP contribution is 2.41. The third-order valence-corrected chi connectivity index (χ3v) is 8.10. The Labute approximate surface area is 192 Å². The molecular weight excluding hydrogens is 424 g/mol. The average molecular weight is 459 g/mol. The normalized spacial score (nSPS) is 18.8. The predicted molar refractivity (Wildman–Crippen MR) is 127 cm³/mol. The van der Waals surface area contributed by atoms with Gasteiger partial charge in [-0.2, -0.15) is 4.31 Å². The molecule has 174 valence electrons. The maximum absolute atomic E-state index is 12.8. The molecular formula is C25H34N2O4S. The van der Waals surface area contributed by atoms with Crippen molar-refractivity contribution in [3.63, 3.8) is 0 Å². The van der Waals surface area contributed by atoms with Crippen LogP contribution in [0.25, 0.3) is 0 Å². The third-order valence-electron chi connectivity index (χ3n) is 6.14. The topological polar surface area (TPSA) is 59.1 Å². The van der Waals surface area contributed by atoms with Gasteiger partial charge in [-0.25, -0.2) is 8.42 Å². The second kappa shape index (κ2) is 9.81. The van der Waals surface area contributed by atoms with Crippen molar-refractivity contribution in [2.45, 2.75) is 38.7 Å². The molecule has 0 saturated carbocycles. The zero-order valence-corrected chi connectivity index (χ0v) is 19.9. The van der Waals surface area contributed by atoms with Crippen LogP contribution in [0.2, 0.25) is 0 Å². The molecule has 1 saturated heterocycles. The Morgan fingerprint density at radius 3 is 2.50 bits per heavy atom. The van der Waals surface area contributed by atoms with Gasteiger partial charge in [0.25, 0.3) is 0 Å². The minimum atomic E-state index is -3.26. The van der Waals surface area contributed by atoms with Crippen LogP contribution in [0.5, 0.6) is 11.5 Å². The van der Waals surface area contributed by atoms with E-state index in [0.717, 1.165) is 43.8 Å². The highest BCUT2D eigenvalue weighted by molar-refractivity contribution is 7.89. The monoisotopic (exact) mass is 458 g/mol. The zero-order chi connectivity index (χ0) is 22.6. The maximum atomic E-state index is 12.8. The van der Waals surface area contributed by atoms with Gasteiger partial charge in [0.15, 0.2) is 11.5 Å². The van der Waals surface area contributed by atoms with Crippen molar-refractivity contribution in [3.8, 4) is 11.5 Å². The Kier molecular flexibility index (Phi) is 7.08. The Morgan fingerprint density at radius 2 is 1.75 bits per heavy atom. The number of fused-ring (bicyclic) bond motifs is 1. The molecule has 2 heterocycles. The van der Waals surface area contributed by atoms with Gasteiger partial charge in [0.1, 0.15) is 5.60 Å². The lowest BCUT2D eigenvalue weighted by Crippen LogP contribution is -2.49. The van der Waals surface area contributed by atoms with E-state index in [9.17, 15) is 8.42 Å². The first-order valence-electron chi connectivity index (χ1n) is 11.5. The Morgan fingerprint density at radius 1 is 1.00 bits per heavy atom. The van der Waals surface area contributed by atoms with E-state index in [1.165, 1.54) is 5.56 Å². The van der Waals surface area contributed by atoms with Gasteiger partial charge < -0.3 is 14.4 Å². The molecule has 1 fully saturated rings. The number of ether oxygens (including phenoxy) is 2. The van der Waals surface area contributed by atoms with Crippen LogP contribution in [-0.4, -0.2) is 68.3 Å². The van der Waals surface area contributed by atoms with E-state index in [1.54, 1.807) is 4.31 Å². The molecule has 2 aromatic carbocycles. The summed E-state index contributed by atoms with van der Waals surface area (Å²) < 4.78 is 39.1. The highest BCUT2D eigenvalue weighted by Gasteiger charge is 2.32. The fourth-order valence-electron chi connectivity index (χ4n) is 4.42. The van der Waals surface area contributed by atoms with Crippen molar-refractivity contribution in [3.05, 3.63) is 59.7 Å². The van der Waals surface area contributed by atoms with E-state index in [0.29, 0.717) is 31.9 Å². The van der Waals surface area contributed by atoms with Crippen molar-refractivity contribution in [2.24, 2.45) is 0 Å². The van der Waals surface area contributed by atoms with Gasteiger partial charge in [-0.1, -0.05) is 42.5 Å². The van der Waals surface area contributed by atoms with Crippen LogP contribution in [-0.2, 0) is 22.9 Å². The number of hydrogen-bond donors (Lipinski definition) is 0. The number of benzene rings is 2. The molecule has 6 nitrogen and oxygen atoms in total. The molecule has 0 amide bonds. The minimum Gasteiger partial charge on any atom is -0.490 e. The van der Waals surface area contributed by atoms with Crippen LogP contribution in [0.1, 0.15) is 31.4 Å². The van der Waals surface area contributed by atoms with Crippen LogP contribution < -0.4 is 9.47 Å². The molecule has 0 spiro atoms. The summed E-state index contributed by atoms with van der Waals surface area (Å²) in [5.74, 6) is 1.61. The Bertz CT molecular complexity index is 1000. The van der Waals surface area contributed by atoms with Gasteiger partial charge in [0.05, 0.1) is 12.4 Å². The fraction of sp³-hybridized carbons (Fsp3) is 0.520. The van der Waals surface area contributed by atoms with Crippen LogP contribution in [0, 0.1) is 0 Å². The van der Waals surface area contributed by atoms with Crippen molar-refractivity contribution < 1.29 is 17.9 Å². The molecule has 2 aliphatic heterocycles. The van der Waals surface area contributed by atoms with E-state index in [1.807, 2.05) is 18.2 Å². The first-order valence-corrected chi connectivity index (χ1v) is 13.1. The van der Waals surface area contributed by atoms with Gasteiger partial charge in [0, 0.05) is 44.7 Å². The molecule has 0 radical (unpaired) electrons. The van der Waals surface area contributed by atoms with Gasteiger partial charge in [0.2, 0.25) is 10.0 Å². The third kappa shape index (κ3) is 5.82. The van der Waals surface area contributed by atoms with Gasteiger partial charge in [-0.05, 0) is 38.3 Å². The second-order valence-corrected chi connectivity index (χ2v) is 11.4. The smallest absolute Gasteiger partial charge is 0.214 e. The van der Waals surface area contributed by atoms with Crippen molar-refractivity contribution in [1.82, 2.24) is 9.21 Å². The largest absolute Gasteiger partial charge is 0.490 e. The summed E-state index contributed by atoms with van der Waals surface area (Å²) in [6, 6.07) is 16.3. The summed E-state index contributed by atoms with van der Waals surface area (Å²) in [4.78, 5) is 2.35. The quantitative estimate of drug-likeness (QED) is 0.540. The first-order chi connectivity index (χ1) is 15.3. The zero-order valence-electron chi connectivity index (χ0n) is 19.1. The molecule has 0 bridgehead atoms. The molecule has 0 aromatic heterocycles. The summed E-state index contributed by atoms with van der Waals surface area (Å²) in [7, 11) is -3.26. The molecule has 4 rings (SSSR count). The lowest BCUT2D eigenvalue weighted by atomic mass is 10.0. The lowest BCUT2D eigenvalue weighted by molar-refractivity contribution is 0.132. The summed E-state index contributed by atoms with van der Waals surface area (Å²) in [5, 5.41) is 0. The van der Waals surface area contributed by atoms with E-state index in [2.05, 4.69) is 49.1 Å². The Balaban J connectivity index is 1.19. The summed E-state index contributed by atoms with van der Waals surface area (Å²) in [6.07, 6.45) is 2.31. The molecule has 0 atom stereocenters. The van der Waals surface area contributed by atoms with Crippen LogP contribution in [0.15, 0.2) is 48.5 Å². The summed E-state index contributed by atoms with van der Waals surface area (Å²) in [5.41, 5.74) is 2.24. The number of nitrogens with zero attached hydrogens (tertiary/aromatic N) is 2. The van der Waals surface area contributed by atoms with Crippen molar-refractivity contribution in [1.29, 1.82) is 0 Å². The highest BCUT2D eigenvalue weighted by atomic mass is 32.2. The summed E-state index contributed by atoms with van der Waals surface area (Å²) >= 11 is 0. The van der Waals surface area contributed by atoms with Gasteiger partial charge in [-0.15, -0.1) is 0 Å². The van der Waals surface area contributed by atoms with Crippen LogP contribution in [0.4, 0.5) is 0 Å². The van der Waals surface area contributed by atoms with Crippen LogP contribution in [0.3, 0.4) is 0 Å². The van der Waals surface area contributed by atoms with Crippen molar-refractivity contribution in [2.75, 3.05) is 45.1 Å². The van der Waals surface area contributed by atoms with Gasteiger partial charge >= 0.3 is 0 Å². The minimum absolute atomic E-state index is 0.110. The average Bonchev–Trinajstić information content (AvgIpc) is 3.11. The van der Waals surface area contributed by atoms with E-state index < -0.39 is 10.0 Å². The van der Waals surface area contributed by atoms with Crippen LogP contribution >= 0.6 is 0 Å². The van der Waals surface area contributed by atoms with E-state index in [-0.39, 0.29) is 11.4 Å².